The molecule has 3 rings (SSSR count). The van der Waals surface area contributed by atoms with Crippen molar-refractivity contribution in [2.24, 2.45) is 17.3 Å². The Bertz CT molecular complexity index is 1350. The summed E-state index contributed by atoms with van der Waals surface area (Å²) in [6.45, 7) is 19.4. The number of pyridine rings is 1. The Kier molecular flexibility index (Phi) is 11.4. The van der Waals surface area contributed by atoms with Gasteiger partial charge in [-0.2, -0.15) is 0 Å². The molecule has 0 spiro atoms. The molecule has 1 unspecified atom stereocenters. The maximum Gasteiger partial charge on any atom is 0.339 e. The highest BCUT2D eigenvalue weighted by molar-refractivity contribution is 6.74. The topological polar surface area (TPSA) is 77.5 Å². The number of alkyl halides is 2. The van der Waals surface area contributed by atoms with Gasteiger partial charge in [0.15, 0.2) is 8.32 Å². The molecule has 1 heterocycles. The molecular formula is C35H51ClF2N2O4Si. The Morgan fingerprint density at radius 2 is 1.73 bits per heavy atom. The van der Waals surface area contributed by atoms with Gasteiger partial charge in [0.25, 0.3) is 0 Å². The summed E-state index contributed by atoms with van der Waals surface area (Å²) in [4.78, 5) is 29.8. The van der Waals surface area contributed by atoms with Crippen LogP contribution in [0.25, 0.3) is 0 Å². The second-order valence-corrected chi connectivity index (χ2v) is 20.7. The Balaban J connectivity index is 2.02. The fourth-order valence-electron chi connectivity index (χ4n) is 5.51. The number of carbonyl (C=O) groups is 2. The lowest BCUT2D eigenvalue weighted by Gasteiger charge is -2.50. The van der Waals surface area contributed by atoms with Crippen LogP contribution in [0.5, 0.6) is 0 Å². The lowest BCUT2D eigenvalue weighted by molar-refractivity contribution is -0.144. The van der Waals surface area contributed by atoms with E-state index < -0.39 is 31.7 Å². The van der Waals surface area contributed by atoms with Crippen molar-refractivity contribution in [3.05, 3.63) is 63.9 Å². The van der Waals surface area contributed by atoms with Crippen molar-refractivity contribution in [1.82, 2.24) is 10.3 Å². The molecule has 1 aromatic carbocycles. The normalized spacial score (nSPS) is 17.6. The minimum absolute atomic E-state index is 0.0644. The van der Waals surface area contributed by atoms with E-state index in [0.29, 0.717) is 10.7 Å². The summed E-state index contributed by atoms with van der Waals surface area (Å²) in [6.07, 6.45) is 2.52. The van der Waals surface area contributed by atoms with Crippen molar-refractivity contribution in [3.63, 3.8) is 0 Å². The monoisotopic (exact) mass is 664 g/mol. The smallest absolute Gasteiger partial charge is 0.339 e. The zero-order valence-corrected chi connectivity index (χ0v) is 30.3. The molecule has 1 saturated carbocycles. The summed E-state index contributed by atoms with van der Waals surface area (Å²) in [5.74, 6) is -4.40. The van der Waals surface area contributed by atoms with Crippen LogP contribution in [0.2, 0.25) is 23.2 Å². The third kappa shape index (κ3) is 9.58. The number of amides is 1. The van der Waals surface area contributed by atoms with Crippen molar-refractivity contribution >= 4 is 31.8 Å². The molecule has 6 nitrogen and oxygen atoms in total. The average Bonchev–Trinajstić information content (AvgIpc) is 2.90. The third-order valence-electron chi connectivity index (χ3n) is 9.65. The molecular weight excluding hydrogens is 614 g/mol. The zero-order chi connectivity index (χ0) is 34.0. The number of hydrogen-bond donors (Lipinski definition) is 1. The third-order valence-corrected chi connectivity index (χ3v) is 14.5. The van der Waals surface area contributed by atoms with E-state index in [1.54, 1.807) is 12.1 Å². The van der Waals surface area contributed by atoms with E-state index in [1.165, 1.54) is 13.3 Å². The fourth-order valence-corrected chi connectivity index (χ4v) is 6.81. The number of nitrogens with one attached hydrogen (secondary N) is 1. The molecule has 2 aromatic rings. The zero-order valence-electron chi connectivity index (χ0n) is 28.6. The van der Waals surface area contributed by atoms with Crippen LogP contribution < -0.4 is 5.32 Å². The Morgan fingerprint density at radius 1 is 1.09 bits per heavy atom. The molecule has 1 aliphatic carbocycles. The van der Waals surface area contributed by atoms with Crippen LogP contribution in [0.4, 0.5) is 8.78 Å². The summed E-state index contributed by atoms with van der Waals surface area (Å²) in [6, 6.07) is 8.99. The number of hydrogen-bond acceptors (Lipinski definition) is 5. The van der Waals surface area contributed by atoms with Gasteiger partial charge in [-0.1, -0.05) is 65.3 Å². The summed E-state index contributed by atoms with van der Waals surface area (Å²) in [5.41, 5.74) is 1.55. The first-order valence-electron chi connectivity index (χ1n) is 15.7. The van der Waals surface area contributed by atoms with E-state index in [9.17, 15) is 18.4 Å². The highest BCUT2D eigenvalue weighted by atomic mass is 35.5. The molecule has 1 fully saturated rings. The van der Waals surface area contributed by atoms with Gasteiger partial charge in [0.1, 0.15) is 0 Å². The molecule has 0 aliphatic heterocycles. The van der Waals surface area contributed by atoms with Gasteiger partial charge in [-0.3, -0.25) is 9.78 Å². The van der Waals surface area contributed by atoms with E-state index in [1.807, 2.05) is 25.1 Å². The summed E-state index contributed by atoms with van der Waals surface area (Å²) in [7, 11) is -0.970. The first-order valence-corrected chi connectivity index (χ1v) is 19.0. The average molecular weight is 665 g/mol. The molecule has 250 valence electrons. The van der Waals surface area contributed by atoms with Crippen LogP contribution in [0.3, 0.4) is 0 Å². The lowest BCUT2D eigenvalue weighted by atomic mass is 9.64. The number of ether oxygens (including phenoxy) is 1. The second kappa shape index (κ2) is 13.8. The molecule has 1 aromatic heterocycles. The van der Waals surface area contributed by atoms with Crippen LogP contribution in [-0.4, -0.2) is 44.8 Å². The highest BCUT2D eigenvalue weighted by Crippen LogP contribution is 2.52. The molecule has 0 radical (unpaired) electrons. The number of aromatic nitrogens is 1. The van der Waals surface area contributed by atoms with Gasteiger partial charge in [0, 0.05) is 42.3 Å². The van der Waals surface area contributed by atoms with Crippen molar-refractivity contribution in [1.29, 1.82) is 0 Å². The quantitative estimate of drug-likeness (QED) is 0.181. The van der Waals surface area contributed by atoms with Crippen LogP contribution >= 0.6 is 11.6 Å². The summed E-state index contributed by atoms with van der Waals surface area (Å²) >= 11 is 6.86. The van der Waals surface area contributed by atoms with Gasteiger partial charge in [-0.05, 0) is 78.6 Å². The Hall–Kier alpha value is -2.36. The van der Waals surface area contributed by atoms with Gasteiger partial charge < -0.3 is 14.5 Å². The largest absolute Gasteiger partial charge is 0.465 e. The van der Waals surface area contributed by atoms with Crippen LogP contribution in [0.15, 0.2) is 36.5 Å². The number of aryl methyl sites for hydroxylation is 1. The molecule has 45 heavy (non-hydrogen) atoms. The number of nitrogens with zero attached hydrogens (tertiary/aromatic N) is 1. The van der Waals surface area contributed by atoms with Crippen LogP contribution in [-0.2, 0) is 32.3 Å². The Morgan fingerprint density at radius 3 is 2.22 bits per heavy atom. The summed E-state index contributed by atoms with van der Waals surface area (Å²) in [5, 5.41) is 3.72. The maximum absolute atomic E-state index is 14.4. The lowest BCUT2D eigenvalue weighted by Crippen LogP contribution is -2.57. The minimum Gasteiger partial charge on any atom is -0.465 e. The molecule has 1 aliphatic rings. The van der Waals surface area contributed by atoms with Crippen molar-refractivity contribution < 1.29 is 27.5 Å². The molecule has 2 atom stereocenters. The molecule has 1 amide bonds. The van der Waals surface area contributed by atoms with Crippen LogP contribution in [0, 0.1) is 17.3 Å². The maximum atomic E-state index is 14.4. The van der Waals surface area contributed by atoms with E-state index in [2.05, 4.69) is 64.9 Å². The van der Waals surface area contributed by atoms with Crippen molar-refractivity contribution in [2.75, 3.05) is 13.7 Å². The van der Waals surface area contributed by atoms with E-state index >= 15 is 0 Å². The van der Waals surface area contributed by atoms with E-state index in [-0.39, 0.29) is 53.7 Å². The van der Waals surface area contributed by atoms with Gasteiger partial charge in [-0.25, -0.2) is 13.6 Å². The van der Waals surface area contributed by atoms with Gasteiger partial charge in [0.2, 0.25) is 11.8 Å². The predicted octanol–water partition coefficient (Wildman–Crippen LogP) is 8.76. The van der Waals surface area contributed by atoms with Crippen LogP contribution in [0.1, 0.15) is 94.9 Å². The molecule has 10 heteroatoms. The van der Waals surface area contributed by atoms with Crippen molar-refractivity contribution in [2.45, 2.75) is 110 Å². The SMILES string of the molecule is COC(=O)c1ccc(CC(=O)N[C@@](C)(c2ccc(CCC(C)(C)C)c(Cl)c2)C(CO[Si](C)(C)C(C)(C)C)C2CC(F)(F)C2)nc1. The number of benzene rings is 1. The number of carbonyl (C=O) groups excluding carboxylic acids is 2. The minimum atomic E-state index is -2.75. The Labute approximate surface area is 274 Å². The molecule has 1 N–H and O–H groups in total. The van der Waals surface area contributed by atoms with Gasteiger partial charge in [-0.15, -0.1) is 0 Å². The second-order valence-electron chi connectivity index (χ2n) is 15.5. The first kappa shape index (κ1) is 37.1. The molecule has 0 bridgehead atoms. The van der Waals surface area contributed by atoms with Gasteiger partial charge >= 0.3 is 5.97 Å². The first-order chi connectivity index (χ1) is 20.6. The van der Waals surface area contributed by atoms with E-state index in [4.69, 9.17) is 20.8 Å². The van der Waals surface area contributed by atoms with Gasteiger partial charge in [0.05, 0.1) is 24.6 Å². The standard InChI is InChI=1S/C35H51ClF2N2O4Si/c1-32(2,3)16-15-23-11-13-26(17-29(23)36)34(7,40-30(41)18-27-14-12-24(21-39-27)31(42)43-8)28(25-19-35(37,38)20-25)22-44-45(9,10)33(4,5)6/h11-14,17,21,25,28H,15-16,18-20,22H2,1-10H3,(H,40,41)/t28?,34-/m0/s1. The predicted molar refractivity (Wildman–Crippen MR) is 178 cm³/mol. The van der Waals surface area contributed by atoms with Crippen molar-refractivity contribution in [3.8, 4) is 0 Å². The molecule has 0 saturated heterocycles. The summed E-state index contributed by atoms with van der Waals surface area (Å²) < 4.78 is 40.2. The number of halogens is 3. The number of rotatable bonds is 12. The highest BCUT2D eigenvalue weighted by Gasteiger charge is 2.54. The number of methoxy groups -OCH3 is 1. The van der Waals surface area contributed by atoms with E-state index in [0.717, 1.165) is 24.0 Å². The fraction of sp³-hybridized carbons (Fsp3) is 0.629. The number of esters is 1.